The summed E-state index contributed by atoms with van der Waals surface area (Å²) in [7, 11) is 0. The number of rotatable bonds is 5. The van der Waals surface area contributed by atoms with E-state index in [1.807, 2.05) is 46.1 Å². The third kappa shape index (κ3) is 5.13. The zero-order valence-corrected chi connectivity index (χ0v) is 13.7. The lowest BCUT2D eigenvalue weighted by molar-refractivity contribution is -0.133. The number of aromatic nitrogens is 3. The van der Waals surface area contributed by atoms with E-state index in [9.17, 15) is 4.79 Å². The molecule has 0 aliphatic rings. The minimum Gasteiger partial charge on any atom is -0.481 e. The highest BCUT2D eigenvalue weighted by Crippen LogP contribution is 2.26. The molecule has 0 aromatic carbocycles. The van der Waals surface area contributed by atoms with E-state index in [-0.39, 0.29) is 16.9 Å². The fourth-order valence-corrected chi connectivity index (χ4v) is 2.43. The molecule has 0 radical (unpaired) electrons. The summed E-state index contributed by atoms with van der Waals surface area (Å²) in [5, 5.41) is 17.6. The van der Waals surface area contributed by atoms with Gasteiger partial charge in [-0.05, 0) is 41.5 Å². The Hall–Kier alpha value is -1.08. The number of nitrogens with zero attached hydrogens (tertiary/aromatic N) is 3. The van der Waals surface area contributed by atoms with Crippen LogP contribution in [0.4, 0.5) is 0 Å². The van der Waals surface area contributed by atoms with Gasteiger partial charge in [0, 0.05) is 5.54 Å². The number of carbonyl (C=O) groups is 1. The summed E-state index contributed by atoms with van der Waals surface area (Å²) in [5.74, 6) is -0.194. The molecule has 1 heterocycles. The summed E-state index contributed by atoms with van der Waals surface area (Å²) >= 11 is 1.17. The van der Waals surface area contributed by atoms with Crippen molar-refractivity contribution in [1.82, 2.24) is 14.8 Å². The van der Waals surface area contributed by atoms with Gasteiger partial charge in [-0.2, -0.15) is 0 Å². The topological polar surface area (TPSA) is 77.2 Å². The molecule has 20 heavy (non-hydrogen) atoms. The molecule has 7 heteroatoms. The Kier molecular flexibility index (Phi) is 5.21. The molecule has 0 atom stereocenters. The van der Waals surface area contributed by atoms with Crippen molar-refractivity contribution in [1.29, 1.82) is 0 Å². The summed E-state index contributed by atoms with van der Waals surface area (Å²) in [5.41, 5.74) is -0.496. The Morgan fingerprint density at radius 3 is 2.30 bits per heavy atom. The lowest BCUT2D eigenvalue weighted by atomic mass is 10.1. The van der Waals surface area contributed by atoms with Gasteiger partial charge in [-0.15, -0.1) is 10.2 Å². The van der Waals surface area contributed by atoms with Crippen LogP contribution in [-0.4, -0.2) is 37.2 Å². The van der Waals surface area contributed by atoms with Crippen LogP contribution in [-0.2, 0) is 21.7 Å². The Morgan fingerprint density at radius 1 is 1.25 bits per heavy atom. The Labute approximate surface area is 123 Å². The molecule has 114 valence electrons. The molecular formula is C13H23N3O3S. The molecule has 0 bridgehead atoms. The van der Waals surface area contributed by atoms with Crippen LogP contribution >= 0.6 is 11.8 Å². The molecule has 0 aliphatic heterocycles. The molecule has 0 fully saturated rings. The monoisotopic (exact) mass is 301 g/mol. The minimum atomic E-state index is -0.869. The van der Waals surface area contributed by atoms with Crippen LogP contribution in [0, 0.1) is 0 Å². The highest BCUT2D eigenvalue weighted by Gasteiger charge is 2.25. The summed E-state index contributed by atoms with van der Waals surface area (Å²) in [6.45, 7) is 12.4. The van der Waals surface area contributed by atoms with Crippen molar-refractivity contribution in [2.45, 2.75) is 64.4 Å². The standard InChI is InChI=1S/C13H23N3O3S/c1-12(2,3)16-9(7-19-13(4,5)6)14-15-11(16)20-8-10(17)18/h7-8H2,1-6H3,(H,17,18). The van der Waals surface area contributed by atoms with Gasteiger partial charge in [-0.3, -0.25) is 9.36 Å². The Bertz CT molecular complexity index is 472. The lowest BCUT2D eigenvalue weighted by Crippen LogP contribution is -2.27. The largest absolute Gasteiger partial charge is 0.481 e. The maximum atomic E-state index is 10.7. The average Bonchev–Trinajstić information content (AvgIpc) is 2.65. The molecule has 1 aromatic rings. The van der Waals surface area contributed by atoms with Crippen LogP contribution in [0.1, 0.15) is 47.4 Å². The Morgan fingerprint density at radius 2 is 1.85 bits per heavy atom. The third-order valence-corrected chi connectivity index (χ3v) is 3.24. The van der Waals surface area contributed by atoms with E-state index >= 15 is 0 Å². The van der Waals surface area contributed by atoms with Crippen molar-refractivity contribution in [2.75, 3.05) is 5.75 Å². The summed E-state index contributed by atoms with van der Waals surface area (Å²) in [6.07, 6.45) is 0. The van der Waals surface area contributed by atoms with Gasteiger partial charge in [0.1, 0.15) is 6.61 Å². The fourth-order valence-electron chi connectivity index (χ4n) is 1.57. The van der Waals surface area contributed by atoms with Gasteiger partial charge in [-0.1, -0.05) is 11.8 Å². The van der Waals surface area contributed by atoms with Gasteiger partial charge in [0.2, 0.25) is 0 Å². The quantitative estimate of drug-likeness (QED) is 0.842. The molecule has 0 aliphatic carbocycles. The van der Waals surface area contributed by atoms with E-state index < -0.39 is 5.97 Å². The second-order valence-electron chi connectivity index (χ2n) is 6.49. The van der Waals surface area contributed by atoms with Crippen molar-refractivity contribution in [2.24, 2.45) is 0 Å². The number of hydrogen-bond donors (Lipinski definition) is 1. The van der Waals surface area contributed by atoms with Gasteiger partial charge >= 0.3 is 5.97 Å². The first-order chi connectivity index (χ1) is 9.00. The smallest absolute Gasteiger partial charge is 0.313 e. The fraction of sp³-hybridized carbons (Fsp3) is 0.769. The van der Waals surface area contributed by atoms with Crippen molar-refractivity contribution in [3.05, 3.63) is 5.82 Å². The van der Waals surface area contributed by atoms with E-state index in [4.69, 9.17) is 9.84 Å². The third-order valence-electron chi connectivity index (χ3n) is 2.33. The molecule has 6 nitrogen and oxygen atoms in total. The molecule has 0 saturated carbocycles. The number of carboxylic acids is 1. The zero-order chi connectivity index (χ0) is 15.6. The first-order valence-corrected chi connectivity index (χ1v) is 7.42. The van der Waals surface area contributed by atoms with Crippen molar-refractivity contribution < 1.29 is 14.6 Å². The second-order valence-corrected chi connectivity index (χ2v) is 7.43. The van der Waals surface area contributed by atoms with Gasteiger partial charge in [0.05, 0.1) is 11.4 Å². The van der Waals surface area contributed by atoms with Gasteiger partial charge in [0.15, 0.2) is 11.0 Å². The predicted octanol–water partition coefficient (Wildman–Crippen LogP) is 2.52. The van der Waals surface area contributed by atoms with Crippen molar-refractivity contribution in [3.8, 4) is 0 Å². The molecule has 0 amide bonds. The average molecular weight is 301 g/mol. The molecule has 1 aromatic heterocycles. The number of aliphatic carboxylic acids is 1. The van der Waals surface area contributed by atoms with Crippen LogP contribution in [0.25, 0.3) is 0 Å². The normalized spacial score (nSPS) is 12.7. The number of ether oxygens (including phenoxy) is 1. The van der Waals surface area contributed by atoms with E-state index in [2.05, 4.69) is 10.2 Å². The van der Waals surface area contributed by atoms with Crippen molar-refractivity contribution in [3.63, 3.8) is 0 Å². The van der Waals surface area contributed by atoms with Crippen LogP contribution in [0.5, 0.6) is 0 Å². The van der Waals surface area contributed by atoms with E-state index in [0.29, 0.717) is 17.6 Å². The number of carboxylic acid groups (broad SMARTS) is 1. The lowest BCUT2D eigenvalue weighted by Gasteiger charge is -2.26. The van der Waals surface area contributed by atoms with Crippen LogP contribution in [0.2, 0.25) is 0 Å². The molecule has 0 spiro atoms. The molecule has 1 rings (SSSR count). The van der Waals surface area contributed by atoms with E-state index in [1.165, 1.54) is 11.8 Å². The maximum Gasteiger partial charge on any atom is 0.313 e. The summed E-state index contributed by atoms with van der Waals surface area (Å²) in [6, 6.07) is 0. The summed E-state index contributed by atoms with van der Waals surface area (Å²) < 4.78 is 7.68. The van der Waals surface area contributed by atoms with E-state index in [0.717, 1.165) is 0 Å². The first-order valence-electron chi connectivity index (χ1n) is 6.44. The summed E-state index contributed by atoms with van der Waals surface area (Å²) in [4.78, 5) is 10.7. The van der Waals surface area contributed by atoms with Crippen molar-refractivity contribution >= 4 is 17.7 Å². The van der Waals surface area contributed by atoms with Crippen LogP contribution in [0.15, 0.2) is 5.16 Å². The SMILES string of the molecule is CC(C)(C)OCc1nnc(SCC(=O)O)n1C(C)(C)C. The minimum absolute atomic E-state index is 0.0334. The van der Waals surface area contributed by atoms with Gasteiger partial charge in [-0.25, -0.2) is 0 Å². The van der Waals surface area contributed by atoms with Crippen LogP contribution < -0.4 is 0 Å². The van der Waals surface area contributed by atoms with E-state index in [1.54, 1.807) is 0 Å². The molecule has 1 N–H and O–H groups in total. The van der Waals surface area contributed by atoms with Gasteiger partial charge in [0.25, 0.3) is 0 Å². The maximum absolute atomic E-state index is 10.7. The number of hydrogen-bond acceptors (Lipinski definition) is 5. The molecular weight excluding hydrogens is 278 g/mol. The highest BCUT2D eigenvalue weighted by molar-refractivity contribution is 7.99. The second kappa shape index (κ2) is 6.13. The molecule has 0 unspecified atom stereocenters. The Balaban J connectivity index is 2.98. The van der Waals surface area contributed by atoms with Gasteiger partial charge < -0.3 is 9.84 Å². The molecule has 0 saturated heterocycles. The number of thioether (sulfide) groups is 1. The highest BCUT2D eigenvalue weighted by atomic mass is 32.2. The zero-order valence-electron chi connectivity index (χ0n) is 12.9. The first kappa shape index (κ1) is 17.0. The van der Waals surface area contributed by atoms with Crippen LogP contribution in [0.3, 0.4) is 0 Å². The predicted molar refractivity (Wildman–Crippen MR) is 77.9 cm³/mol.